The van der Waals surface area contributed by atoms with Gasteiger partial charge in [-0.25, -0.2) is 19.4 Å². The van der Waals surface area contributed by atoms with Crippen LogP contribution in [0.1, 0.15) is 74.9 Å². The smallest absolute Gasteiger partial charge is 0.420 e. The van der Waals surface area contributed by atoms with E-state index >= 15 is 0 Å². The van der Waals surface area contributed by atoms with Crippen LogP contribution >= 0.6 is 0 Å². The number of ether oxygens (including phenoxy) is 1. The highest BCUT2D eigenvalue weighted by atomic mass is 16.5. The lowest BCUT2D eigenvalue weighted by Crippen LogP contribution is -2.43. The Labute approximate surface area is 359 Å². The van der Waals surface area contributed by atoms with Crippen LogP contribution in [0.2, 0.25) is 0 Å². The largest absolute Gasteiger partial charge is 0.457 e. The fourth-order valence-electron chi connectivity index (χ4n) is 10.3. The Morgan fingerprint density at radius 3 is 2.32 bits per heavy atom. The number of hydrogen-bond donors (Lipinski definition) is 2. The van der Waals surface area contributed by atoms with Crippen molar-refractivity contribution in [3.8, 4) is 22.8 Å². The number of anilines is 1. The number of oxazole rings is 1. The number of nitrogens with one attached hydrogen (secondary N) is 1. The molecular weight excluding hydrogens is 785 g/mol. The summed E-state index contributed by atoms with van der Waals surface area (Å²) in [6.07, 6.45) is 8.62. The molecule has 10 rings (SSSR count). The van der Waals surface area contributed by atoms with E-state index in [1.807, 2.05) is 66.7 Å². The van der Waals surface area contributed by atoms with Gasteiger partial charge in [-0.15, -0.1) is 0 Å². The maximum absolute atomic E-state index is 12.8. The summed E-state index contributed by atoms with van der Waals surface area (Å²) in [7, 11) is 0. The lowest BCUT2D eigenvalue weighted by atomic mass is 9.89. The Hall–Kier alpha value is -5.90. The Kier molecular flexibility index (Phi) is 11.3. The van der Waals surface area contributed by atoms with E-state index in [0.29, 0.717) is 35.2 Å². The molecule has 0 radical (unpaired) electrons. The molecule has 62 heavy (non-hydrogen) atoms. The fraction of sp³-hybridized carbons (Fsp3) is 0.447. The van der Waals surface area contributed by atoms with Crippen LogP contribution in [0.4, 0.5) is 5.82 Å². The highest BCUT2D eigenvalue weighted by Gasteiger charge is 2.33. The summed E-state index contributed by atoms with van der Waals surface area (Å²) in [5, 5.41) is 8.27. The molecule has 7 heterocycles. The van der Waals surface area contributed by atoms with E-state index in [1.165, 1.54) is 42.4 Å². The number of para-hydroxylation sites is 1. The van der Waals surface area contributed by atoms with Crippen LogP contribution in [0, 0.1) is 5.92 Å². The van der Waals surface area contributed by atoms with Crippen LogP contribution in [0.5, 0.6) is 11.5 Å². The van der Waals surface area contributed by atoms with Gasteiger partial charge >= 0.3 is 5.76 Å². The number of amides is 2. The number of hydrogen-bond acceptors (Lipinski definition) is 12. The zero-order valence-corrected chi connectivity index (χ0v) is 35.0. The minimum Gasteiger partial charge on any atom is -0.457 e. The number of nitrogens with zero attached hydrogens (tertiary/aromatic N) is 8. The van der Waals surface area contributed by atoms with Crippen LogP contribution in [0.25, 0.3) is 33.4 Å². The summed E-state index contributed by atoms with van der Waals surface area (Å²) in [5.74, 6) is 1.78. The summed E-state index contributed by atoms with van der Waals surface area (Å²) >= 11 is 0. The second-order valence-corrected chi connectivity index (χ2v) is 17.6. The third-order valence-corrected chi connectivity index (χ3v) is 13.6. The number of fused-ring (bicyclic) bond motifs is 2. The predicted octanol–water partition coefficient (Wildman–Crippen LogP) is 5.98. The van der Waals surface area contributed by atoms with Gasteiger partial charge in [-0.2, -0.15) is 5.10 Å². The molecule has 322 valence electrons. The van der Waals surface area contributed by atoms with E-state index in [9.17, 15) is 14.4 Å². The van der Waals surface area contributed by atoms with Crippen molar-refractivity contribution in [3.05, 3.63) is 95.2 Å². The normalized spacial score (nSPS) is 21.3. The number of likely N-dealkylation sites (tertiary alicyclic amines) is 3. The number of piperidine rings is 3. The average molecular weight is 839 g/mol. The molecule has 6 aromatic rings. The molecule has 15 heteroatoms. The topological polar surface area (TPSA) is 170 Å². The second-order valence-electron chi connectivity index (χ2n) is 17.6. The quantitative estimate of drug-likeness (QED) is 0.139. The van der Waals surface area contributed by atoms with E-state index in [-0.39, 0.29) is 18.4 Å². The van der Waals surface area contributed by atoms with Gasteiger partial charge in [0.15, 0.2) is 11.2 Å². The minimum absolute atomic E-state index is 0.207. The number of rotatable bonds is 12. The van der Waals surface area contributed by atoms with Crippen molar-refractivity contribution in [1.29, 1.82) is 0 Å². The summed E-state index contributed by atoms with van der Waals surface area (Å²) in [5.41, 5.74) is 11.3. The van der Waals surface area contributed by atoms with E-state index in [4.69, 9.17) is 20.0 Å². The maximum atomic E-state index is 12.8. The van der Waals surface area contributed by atoms with Crippen LogP contribution in [0.15, 0.2) is 88.3 Å². The number of nitrogen functional groups attached to an aromatic ring is 1. The van der Waals surface area contributed by atoms with E-state index < -0.39 is 17.7 Å². The van der Waals surface area contributed by atoms with Crippen LogP contribution in [0.3, 0.4) is 0 Å². The third kappa shape index (κ3) is 8.36. The fourth-order valence-corrected chi connectivity index (χ4v) is 10.3. The molecule has 0 spiro atoms. The van der Waals surface area contributed by atoms with Gasteiger partial charge in [0.05, 0.1) is 16.9 Å². The molecule has 3 aromatic carbocycles. The number of carbonyl (C=O) groups excluding carboxylic acids is 2. The minimum atomic E-state index is -0.730. The van der Waals surface area contributed by atoms with Crippen LogP contribution < -0.4 is 21.5 Å². The maximum Gasteiger partial charge on any atom is 0.420 e. The van der Waals surface area contributed by atoms with E-state index in [2.05, 4.69) is 40.7 Å². The zero-order chi connectivity index (χ0) is 42.2. The van der Waals surface area contributed by atoms with Crippen LogP contribution in [-0.4, -0.2) is 110 Å². The van der Waals surface area contributed by atoms with Gasteiger partial charge in [-0.1, -0.05) is 24.3 Å². The predicted molar refractivity (Wildman–Crippen MR) is 236 cm³/mol. The number of carbonyl (C=O) groups is 2. The Balaban J connectivity index is 0.669. The zero-order valence-electron chi connectivity index (χ0n) is 35.0. The van der Waals surface area contributed by atoms with Crippen molar-refractivity contribution in [1.82, 2.24) is 44.3 Å². The first-order valence-electron chi connectivity index (χ1n) is 22.3. The molecule has 2 unspecified atom stereocenters. The highest BCUT2D eigenvalue weighted by molar-refractivity contribution is 6.00. The molecule has 3 N–H and O–H groups in total. The number of aromatic nitrogens is 5. The van der Waals surface area contributed by atoms with Gasteiger partial charge in [-0.05, 0) is 144 Å². The second kappa shape index (κ2) is 17.5. The average Bonchev–Trinajstić information content (AvgIpc) is 4.00. The van der Waals surface area contributed by atoms with Crippen molar-refractivity contribution in [2.75, 3.05) is 64.6 Å². The van der Waals surface area contributed by atoms with Gasteiger partial charge in [0.25, 0.3) is 0 Å². The molecule has 4 aliphatic heterocycles. The van der Waals surface area contributed by atoms with Gasteiger partial charge in [0, 0.05) is 38.2 Å². The molecule has 0 aliphatic carbocycles. The molecule has 2 amide bonds. The van der Waals surface area contributed by atoms with E-state index in [0.717, 1.165) is 105 Å². The van der Waals surface area contributed by atoms with Gasteiger partial charge in [-0.3, -0.25) is 19.5 Å². The summed E-state index contributed by atoms with van der Waals surface area (Å²) in [6, 6.07) is 23.2. The number of benzene rings is 3. The first-order valence-corrected chi connectivity index (χ1v) is 22.3. The monoisotopic (exact) mass is 838 g/mol. The molecule has 0 bridgehead atoms. The van der Waals surface area contributed by atoms with Crippen molar-refractivity contribution >= 4 is 39.8 Å². The Morgan fingerprint density at radius 1 is 0.790 bits per heavy atom. The van der Waals surface area contributed by atoms with Crippen molar-refractivity contribution in [3.63, 3.8) is 0 Å². The van der Waals surface area contributed by atoms with E-state index in [1.54, 1.807) is 0 Å². The molecular formula is C47H54N10O5. The van der Waals surface area contributed by atoms with Crippen molar-refractivity contribution in [2.24, 2.45) is 5.92 Å². The summed E-state index contributed by atoms with van der Waals surface area (Å²) in [4.78, 5) is 53.8. The van der Waals surface area contributed by atoms with Gasteiger partial charge in [0.1, 0.15) is 35.4 Å². The molecule has 4 saturated heterocycles. The standard InChI is InChI=1S/C47H54N10O5/c48-44-42-43(33-7-10-37(11-8-33)61-36-5-2-1-3-6-36)52-57(45(42)50-30-49-44)35-18-25-53(26-19-35)20-4-21-54-22-15-31(28-54)29-55-23-16-32(17-24-55)34-9-12-38-40(27-34)62-47(60)56(38)39-13-14-41(58)51-46(39)59/h1-3,5-12,27,30-32,35,39H,4,13-26,28-29H2,(H2,48,49,50)(H,51,58,59). The molecule has 3 aromatic heterocycles. The summed E-state index contributed by atoms with van der Waals surface area (Å²) in [6.45, 7) is 9.92. The summed E-state index contributed by atoms with van der Waals surface area (Å²) < 4.78 is 15.1. The molecule has 0 saturated carbocycles. The lowest BCUT2D eigenvalue weighted by Gasteiger charge is -2.34. The van der Waals surface area contributed by atoms with Crippen molar-refractivity contribution < 1.29 is 18.7 Å². The van der Waals surface area contributed by atoms with Crippen LogP contribution in [-0.2, 0) is 9.59 Å². The van der Waals surface area contributed by atoms with Crippen molar-refractivity contribution in [2.45, 2.75) is 69.4 Å². The highest BCUT2D eigenvalue weighted by Crippen LogP contribution is 2.36. The molecule has 2 atom stereocenters. The van der Waals surface area contributed by atoms with Gasteiger partial charge in [0.2, 0.25) is 11.8 Å². The molecule has 4 aliphatic rings. The third-order valence-electron chi connectivity index (χ3n) is 13.6. The SMILES string of the molecule is Nc1ncnc2c1c(-c1ccc(Oc3ccccc3)cc1)nn2C1CCN(CCCN2CCC(CN3CCC(c4ccc5c(c4)oc(=O)n5C4CCC(=O)NC4=O)CC3)C2)CC1. The Morgan fingerprint density at radius 2 is 1.53 bits per heavy atom. The molecule has 4 fully saturated rings. The first kappa shape index (κ1) is 40.2. The number of imide groups is 1. The Bertz CT molecular complexity index is 2610. The molecule has 15 nitrogen and oxygen atoms in total. The first-order chi connectivity index (χ1) is 30.3. The number of nitrogens with two attached hydrogens (primary N) is 1. The van der Waals surface area contributed by atoms with Gasteiger partial charge < -0.3 is 29.6 Å². The lowest BCUT2D eigenvalue weighted by molar-refractivity contribution is -0.135.